The molecule has 100 valence electrons. The third-order valence-electron chi connectivity index (χ3n) is 2.30. The van der Waals surface area contributed by atoms with Gasteiger partial charge in [0.15, 0.2) is 5.69 Å². The van der Waals surface area contributed by atoms with Gasteiger partial charge in [-0.3, -0.25) is 9.59 Å². The van der Waals surface area contributed by atoms with Gasteiger partial charge in [0.2, 0.25) is 5.91 Å². The molecule has 0 aliphatic rings. The zero-order valence-electron chi connectivity index (χ0n) is 11.2. The van der Waals surface area contributed by atoms with Crippen molar-refractivity contribution in [3.63, 3.8) is 0 Å². The fraction of sp³-hybridized carbons (Fsp3) is 0.583. The number of hydrogen-bond acceptors (Lipinski definition) is 4. The third-order valence-corrected chi connectivity index (χ3v) is 2.30. The standard InChI is InChI=1S/C12H19N3O3/c1-5-15(7-11(16)13-8(2)3)12(17)10-6-9(4)18-14-10/h6,8H,5,7H2,1-4H3,(H,13,16). The minimum absolute atomic E-state index is 0.0272. The predicted octanol–water partition coefficient (Wildman–Crippen LogP) is 0.970. The molecule has 0 aliphatic heterocycles. The number of amides is 2. The molecule has 6 nitrogen and oxygen atoms in total. The van der Waals surface area contributed by atoms with Gasteiger partial charge in [-0.05, 0) is 27.7 Å². The van der Waals surface area contributed by atoms with E-state index in [1.54, 1.807) is 13.0 Å². The van der Waals surface area contributed by atoms with Crippen LogP contribution in [0.15, 0.2) is 10.6 Å². The van der Waals surface area contributed by atoms with Crippen LogP contribution >= 0.6 is 0 Å². The first-order valence-electron chi connectivity index (χ1n) is 5.96. The van der Waals surface area contributed by atoms with Crippen molar-refractivity contribution in [1.29, 1.82) is 0 Å². The summed E-state index contributed by atoms with van der Waals surface area (Å²) in [5.74, 6) is 0.0923. The maximum Gasteiger partial charge on any atom is 0.276 e. The molecule has 0 radical (unpaired) electrons. The molecule has 0 spiro atoms. The zero-order chi connectivity index (χ0) is 13.7. The molecule has 1 N–H and O–H groups in total. The number of hydrogen-bond donors (Lipinski definition) is 1. The van der Waals surface area contributed by atoms with Crippen molar-refractivity contribution in [3.8, 4) is 0 Å². The van der Waals surface area contributed by atoms with Crippen LogP contribution in [-0.2, 0) is 4.79 Å². The maximum absolute atomic E-state index is 12.0. The van der Waals surface area contributed by atoms with Gasteiger partial charge in [-0.15, -0.1) is 0 Å². The summed E-state index contributed by atoms with van der Waals surface area (Å²) in [7, 11) is 0. The van der Waals surface area contributed by atoms with Gasteiger partial charge in [0.1, 0.15) is 5.76 Å². The van der Waals surface area contributed by atoms with Gasteiger partial charge >= 0.3 is 0 Å². The Labute approximate surface area is 106 Å². The summed E-state index contributed by atoms with van der Waals surface area (Å²) in [5, 5.41) is 6.40. The highest BCUT2D eigenvalue weighted by atomic mass is 16.5. The molecule has 1 heterocycles. The molecule has 0 aromatic carbocycles. The van der Waals surface area contributed by atoms with Crippen molar-refractivity contribution < 1.29 is 14.1 Å². The molecule has 18 heavy (non-hydrogen) atoms. The van der Waals surface area contributed by atoms with Crippen LogP contribution in [0, 0.1) is 6.92 Å². The number of aryl methyl sites for hydroxylation is 1. The Kier molecular flexibility index (Phi) is 4.88. The van der Waals surface area contributed by atoms with Crippen molar-refractivity contribution in [2.45, 2.75) is 33.7 Å². The second kappa shape index (κ2) is 6.18. The van der Waals surface area contributed by atoms with Gasteiger partial charge in [0, 0.05) is 18.7 Å². The first kappa shape index (κ1) is 14.2. The highest BCUT2D eigenvalue weighted by molar-refractivity contribution is 5.94. The average molecular weight is 253 g/mol. The molecule has 0 atom stereocenters. The van der Waals surface area contributed by atoms with Crippen LogP contribution in [0.1, 0.15) is 37.0 Å². The van der Waals surface area contributed by atoms with Gasteiger partial charge in [-0.1, -0.05) is 5.16 Å². The molecule has 0 saturated carbocycles. The summed E-state index contributed by atoms with van der Waals surface area (Å²) in [6.07, 6.45) is 0. The van der Waals surface area contributed by atoms with E-state index in [0.717, 1.165) is 0 Å². The van der Waals surface area contributed by atoms with E-state index in [0.29, 0.717) is 12.3 Å². The molecule has 1 aromatic heterocycles. The van der Waals surface area contributed by atoms with E-state index in [9.17, 15) is 9.59 Å². The molecule has 0 saturated heterocycles. The minimum Gasteiger partial charge on any atom is -0.361 e. The Hall–Kier alpha value is -1.85. The lowest BCUT2D eigenvalue weighted by molar-refractivity contribution is -0.122. The van der Waals surface area contributed by atoms with Gasteiger partial charge < -0.3 is 14.7 Å². The Morgan fingerprint density at radius 1 is 1.50 bits per heavy atom. The van der Waals surface area contributed by atoms with Crippen molar-refractivity contribution in [3.05, 3.63) is 17.5 Å². The Morgan fingerprint density at radius 3 is 2.61 bits per heavy atom. The molecule has 0 unspecified atom stereocenters. The molecule has 1 rings (SSSR count). The number of nitrogens with one attached hydrogen (secondary N) is 1. The topological polar surface area (TPSA) is 75.4 Å². The Balaban J connectivity index is 2.66. The third kappa shape index (κ3) is 3.87. The summed E-state index contributed by atoms with van der Waals surface area (Å²) >= 11 is 0. The van der Waals surface area contributed by atoms with Gasteiger partial charge in [-0.2, -0.15) is 0 Å². The van der Waals surface area contributed by atoms with Gasteiger partial charge in [0.25, 0.3) is 5.91 Å². The molecule has 0 aliphatic carbocycles. The van der Waals surface area contributed by atoms with Crippen molar-refractivity contribution in [1.82, 2.24) is 15.4 Å². The molecule has 6 heteroatoms. The Bertz CT molecular complexity index is 426. The lowest BCUT2D eigenvalue weighted by atomic mass is 10.3. The maximum atomic E-state index is 12.0. The summed E-state index contributed by atoms with van der Waals surface area (Å²) in [4.78, 5) is 25.1. The van der Waals surface area contributed by atoms with E-state index in [1.807, 2.05) is 20.8 Å². The fourth-order valence-corrected chi connectivity index (χ4v) is 1.50. The SMILES string of the molecule is CCN(CC(=O)NC(C)C)C(=O)c1cc(C)on1. The number of nitrogens with zero attached hydrogens (tertiary/aromatic N) is 2. The van der Waals surface area contributed by atoms with Crippen molar-refractivity contribution in [2.75, 3.05) is 13.1 Å². The first-order chi connectivity index (χ1) is 8.43. The Morgan fingerprint density at radius 2 is 2.17 bits per heavy atom. The largest absolute Gasteiger partial charge is 0.361 e. The van der Waals surface area contributed by atoms with Crippen LogP contribution in [0.3, 0.4) is 0 Å². The van der Waals surface area contributed by atoms with E-state index >= 15 is 0 Å². The molecule has 0 bridgehead atoms. The monoisotopic (exact) mass is 253 g/mol. The minimum atomic E-state index is -0.298. The van der Waals surface area contributed by atoms with E-state index in [2.05, 4.69) is 10.5 Å². The molecule has 1 aromatic rings. The number of carbonyl (C=O) groups is 2. The van der Waals surface area contributed by atoms with E-state index in [1.165, 1.54) is 4.90 Å². The van der Waals surface area contributed by atoms with Crippen LogP contribution < -0.4 is 5.32 Å². The van der Waals surface area contributed by atoms with Crippen LogP contribution in [0.4, 0.5) is 0 Å². The second-order valence-electron chi connectivity index (χ2n) is 4.36. The molecule has 0 fully saturated rings. The van der Waals surface area contributed by atoms with E-state index < -0.39 is 0 Å². The summed E-state index contributed by atoms with van der Waals surface area (Å²) < 4.78 is 4.85. The van der Waals surface area contributed by atoms with Crippen LogP contribution in [0.2, 0.25) is 0 Å². The van der Waals surface area contributed by atoms with E-state index in [-0.39, 0.29) is 30.1 Å². The molecular weight excluding hydrogens is 234 g/mol. The number of rotatable bonds is 5. The van der Waals surface area contributed by atoms with Crippen molar-refractivity contribution in [2.24, 2.45) is 0 Å². The quantitative estimate of drug-likeness (QED) is 0.848. The normalized spacial score (nSPS) is 10.5. The average Bonchev–Trinajstić information content (AvgIpc) is 2.70. The summed E-state index contributed by atoms with van der Waals surface area (Å²) in [6, 6.07) is 1.62. The first-order valence-corrected chi connectivity index (χ1v) is 5.96. The highest BCUT2D eigenvalue weighted by Gasteiger charge is 2.20. The second-order valence-corrected chi connectivity index (χ2v) is 4.36. The number of likely N-dealkylation sites (N-methyl/N-ethyl adjacent to an activating group) is 1. The van der Waals surface area contributed by atoms with Crippen LogP contribution in [0.5, 0.6) is 0 Å². The zero-order valence-corrected chi connectivity index (χ0v) is 11.2. The smallest absolute Gasteiger partial charge is 0.276 e. The lowest BCUT2D eigenvalue weighted by Gasteiger charge is -2.19. The van der Waals surface area contributed by atoms with E-state index in [4.69, 9.17) is 4.52 Å². The van der Waals surface area contributed by atoms with Gasteiger partial charge in [-0.25, -0.2) is 0 Å². The van der Waals surface area contributed by atoms with Gasteiger partial charge in [0.05, 0.1) is 6.54 Å². The fourth-order valence-electron chi connectivity index (χ4n) is 1.50. The summed E-state index contributed by atoms with van der Waals surface area (Å²) in [6.45, 7) is 7.74. The lowest BCUT2D eigenvalue weighted by Crippen LogP contribution is -2.42. The number of carbonyl (C=O) groups excluding carboxylic acids is 2. The highest BCUT2D eigenvalue weighted by Crippen LogP contribution is 2.05. The van der Waals surface area contributed by atoms with Crippen LogP contribution in [0.25, 0.3) is 0 Å². The summed E-state index contributed by atoms with van der Waals surface area (Å²) in [5.41, 5.74) is 0.228. The number of aromatic nitrogens is 1. The van der Waals surface area contributed by atoms with Crippen molar-refractivity contribution >= 4 is 11.8 Å². The molecular formula is C12H19N3O3. The molecule has 2 amide bonds. The predicted molar refractivity (Wildman–Crippen MR) is 66.1 cm³/mol. The van der Waals surface area contributed by atoms with Crippen LogP contribution in [-0.4, -0.2) is 41.0 Å².